The van der Waals surface area contributed by atoms with Gasteiger partial charge < -0.3 is 14.3 Å². The smallest absolute Gasteiger partial charge is 0.146 e. The number of rotatable bonds is 4. The molecule has 0 saturated carbocycles. The average Bonchev–Trinajstić information content (AvgIpc) is 2.98. The minimum atomic E-state index is 0.609. The van der Waals surface area contributed by atoms with Crippen molar-refractivity contribution >= 4 is 17.0 Å². The fourth-order valence-electron chi connectivity index (χ4n) is 1.99. The second-order valence-electron chi connectivity index (χ2n) is 4.47. The van der Waals surface area contributed by atoms with Gasteiger partial charge in [-0.2, -0.15) is 0 Å². The molecule has 1 aliphatic heterocycles. The van der Waals surface area contributed by atoms with Crippen LogP contribution < -0.4 is 0 Å². The highest BCUT2D eigenvalue weighted by Crippen LogP contribution is 2.32. The summed E-state index contributed by atoms with van der Waals surface area (Å²) in [5.41, 5.74) is 3.26. The van der Waals surface area contributed by atoms with Gasteiger partial charge in [0.25, 0.3) is 0 Å². The van der Waals surface area contributed by atoms with Gasteiger partial charge in [-0.3, -0.25) is 0 Å². The van der Waals surface area contributed by atoms with E-state index in [1.807, 2.05) is 20.2 Å². The first-order valence-electron chi connectivity index (χ1n) is 5.88. The van der Waals surface area contributed by atoms with Gasteiger partial charge in [0.15, 0.2) is 0 Å². The Balaban J connectivity index is 1.83. The fraction of sp³-hybridized carbons (Fsp3) is 0.308. The summed E-state index contributed by atoms with van der Waals surface area (Å²) in [6, 6.07) is 6.22. The molecule has 0 saturated heterocycles. The molecule has 2 aromatic heterocycles. The monoisotopic (exact) mass is 261 g/mol. The molecule has 0 unspecified atom stereocenters. The molecule has 0 amide bonds. The molecule has 0 atom stereocenters. The molecule has 0 radical (unpaired) electrons. The molecular formula is C13H15N3OS. The summed E-state index contributed by atoms with van der Waals surface area (Å²) in [4.78, 5) is 8.69. The zero-order chi connectivity index (χ0) is 12.5. The van der Waals surface area contributed by atoms with Crippen molar-refractivity contribution in [2.24, 2.45) is 5.16 Å². The Hall–Kier alpha value is -1.59. The molecule has 5 heteroatoms. The molecule has 1 aliphatic rings. The molecule has 18 heavy (non-hydrogen) atoms. The number of nitrogens with zero attached hydrogens (tertiary/aromatic N) is 3. The standard InChI is InChI=1S/C13H15N3OS/c1-15(2)7-8-17-14-12-10-4-3-6-16(10)11-5-9-18-13(11)12/h3-6,9H,7-8H2,1-2H3/b14-12-. The Morgan fingerprint density at radius 3 is 3.11 bits per heavy atom. The summed E-state index contributed by atoms with van der Waals surface area (Å²) in [5.74, 6) is 0. The van der Waals surface area contributed by atoms with Gasteiger partial charge in [0.2, 0.25) is 0 Å². The lowest BCUT2D eigenvalue weighted by molar-refractivity contribution is 0.126. The second-order valence-corrected chi connectivity index (χ2v) is 5.39. The van der Waals surface area contributed by atoms with E-state index in [-0.39, 0.29) is 0 Å². The maximum Gasteiger partial charge on any atom is 0.146 e. The summed E-state index contributed by atoms with van der Waals surface area (Å²) in [6.45, 7) is 1.48. The van der Waals surface area contributed by atoms with Crippen LogP contribution >= 0.6 is 11.3 Å². The van der Waals surface area contributed by atoms with Crippen molar-refractivity contribution in [2.45, 2.75) is 0 Å². The zero-order valence-electron chi connectivity index (χ0n) is 10.5. The van der Waals surface area contributed by atoms with Gasteiger partial charge in [-0.15, -0.1) is 11.3 Å². The Bertz CT molecular complexity index is 540. The van der Waals surface area contributed by atoms with Gasteiger partial charge in [0.1, 0.15) is 12.3 Å². The third-order valence-electron chi connectivity index (χ3n) is 2.90. The van der Waals surface area contributed by atoms with Crippen molar-refractivity contribution in [2.75, 3.05) is 27.2 Å². The maximum absolute atomic E-state index is 5.42. The van der Waals surface area contributed by atoms with Gasteiger partial charge in [-0.25, -0.2) is 0 Å². The van der Waals surface area contributed by atoms with Gasteiger partial charge in [0.05, 0.1) is 16.3 Å². The fourth-order valence-corrected chi connectivity index (χ4v) is 2.87. The second kappa shape index (κ2) is 4.59. The minimum Gasteiger partial charge on any atom is -0.394 e. The number of fused-ring (bicyclic) bond motifs is 3. The van der Waals surface area contributed by atoms with Gasteiger partial charge in [0, 0.05) is 12.7 Å². The van der Waals surface area contributed by atoms with Crippen LogP contribution in [-0.4, -0.2) is 42.4 Å². The lowest BCUT2D eigenvalue weighted by atomic mass is 10.2. The number of oxime groups is 1. The van der Waals surface area contributed by atoms with E-state index < -0.39 is 0 Å². The first kappa shape index (κ1) is 11.5. The van der Waals surface area contributed by atoms with Crippen molar-refractivity contribution in [1.29, 1.82) is 0 Å². The van der Waals surface area contributed by atoms with Crippen LogP contribution in [0.3, 0.4) is 0 Å². The molecule has 0 fully saturated rings. The largest absolute Gasteiger partial charge is 0.394 e. The quantitative estimate of drug-likeness (QED) is 0.532. The number of likely N-dealkylation sites (N-methyl/N-ethyl adjacent to an activating group) is 1. The summed E-state index contributed by atoms with van der Waals surface area (Å²) < 4.78 is 2.15. The van der Waals surface area contributed by atoms with E-state index in [1.54, 1.807) is 11.3 Å². The molecule has 94 valence electrons. The van der Waals surface area contributed by atoms with E-state index in [4.69, 9.17) is 4.84 Å². The Morgan fingerprint density at radius 2 is 2.28 bits per heavy atom. The Kier molecular flexibility index (Phi) is 2.93. The lowest BCUT2D eigenvalue weighted by Crippen LogP contribution is -2.17. The van der Waals surface area contributed by atoms with E-state index >= 15 is 0 Å². The van der Waals surface area contributed by atoms with Crippen molar-refractivity contribution < 1.29 is 4.84 Å². The first-order chi connectivity index (χ1) is 8.77. The van der Waals surface area contributed by atoms with Gasteiger partial charge in [-0.05, 0) is 37.7 Å². The third-order valence-corrected chi connectivity index (χ3v) is 3.81. The summed E-state index contributed by atoms with van der Waals surface area (Å²) in [7, 11) is 4.04. The molecule has 4 nitrogen and oxygen atoms in total. The molecule has 0 aliphatic carbocycles. The zero-order valence-corrected chi connectivity index (χ0v) is 11.3. The van der Waals surface area contributed by atoms with Crippen molar-refractivity contribution in [3.05, 3.63) is 40.3 Å². The van der Waals surface area contributed by atoms with Crippen LogP contribution in [0.5, 0.6) is 0 Å². The molecule has 0 bridgehead atoms. The third kappa shape index (κ3) is 1.85. The number of hydrogen-bond donors (Lipinski definition) is 0. The van der Waals surface area contributed by atoms with Crippen molar-refractivity contribution in [3.63, 3.8) is 0 Å². The topological polar surface area (TPSA) is 29.8 Å². The molecule has 2 aromatic rings. The highest BCUT2D eigenvalue weighted by molar-refractivity contribution is 7.13. The predicted octanol–water partition coefficient (Wildman–Crippen LogP) is 2.18. The number of aromatic nitrogens is 1. The summed E-state index contributed by atoms with van der Waals surface area (Å²) in [6.07, 6.45) is 2.06. The number of thiophene rings is 1. The van der Waals surface area contributed by atoms with Crippen LogP contribution in [0.4, 0.5) is 0 Å². The van der Waals surface area contributed by atoms with E-state index in [1.165, 1.54) is 10.6 Å². The van der Waals surface area contributed by atoms with Crippen LogP contribution in [0.25, 0.3) is 5.69 Å². The first-order valence-corrected chi connectivity index (χ1v) is 6.76. The predicted molar refractivity (Wildman–Crippen MR) is 73.8 cm³/mol. The molecule has 0 aromatic carbocycles. The van der Waals surface area contributed by atoms with Crippen LogP contribution in [0.15, 0.2) is 34.9 Å². The summed E-state index contributed by atoms with van der Waals surface area (Å²) in [5, 5.41) is 6.39. The van der Waals surface area contributed by atoms with Crippen LogP contribution in [-0.2, 0) is 4.84 Å². The van der Waals surface area contributed by atoms with Crippen LogP contribution in [0.2, 0.25) is 0 Å². The van der Waals surface area contributed by atoms with E-state index in [0.717, 1.165) is 18.0 Å². The van der Waals surface area contributed by atoms with Crippen molar-refractivity contribution in [1.82, 2.24) is 9.47 Å². The highest BCUT2D eigenvalue weighted by Gasteiger charge is 2.26. The highest BCUT2D eigenvalue weighted by atomic mass is 32.1. The number of hydrogen-bond acceptors (Lipinski definition) is 4. The SMILES string of the molecule is CN(C)CCO/N=C1\c2sccc2-n2cccc21. The molecule has 3 heterocycles. The average molecular weight is 261 g/mol. The Morgan fingerprint density at radius 1 is 1.39 bits per heavy atom. The minimum absolute atomic E-state index is 0.609. The van der Waals surface area contributed by atoms with Gasteiger partial charge >= 0.3 is 0 Å². The van der Waals surface area contributed by atoms with E-state index in [2.05, 4.69) is 38.3 Å². The molecule has 3 rings (SSSR count). The Labute approximate surface area is 110 Å². The molecule has 0 N–H and O–H groups in total. The summed E-state index contributed by atoms with van der Waals surface area (Å²) >= 11 is 1.70. The van der Waals surface area contributed by atoms with E-state index in [0.29, 0.717) is 6.61 Å². The van der Waals surface area contributed by atoms with Crippen LogP contribution in [0.1, 0.15) is 10.6 Å². The maximum atomic E-state index is 5.42. The normalized spacial score (nSPS) is 15.2. The van der Waals surface area contributed by atoms with Crippen molar-refractivity contribution in [3.8, 4) is 5.69 Å². The molecular weight excluding hydrogens is 246 g/mol. The lowest BCUT2D eigenvalue weighted by Gasteiger charge is -2.07. The molecule has 0 spiro atoms. The van der Waals surface area contributed by atoms with Gasteiger partial charge in [-0.1, -0.05) is 5.16 Å². The van der Waals surface area contributed by atoms with Crippen LogP contribution in [0, 0.1) is 0 Å². The van der Waals surface area contributed by atoms with E-state index in [9.17, 15) is 0 Å².